The first kappa shape index (κ1) is 16.1. The Morgan fingerprint density at radius 3 is 2.58 bits per heavy atom. The van der Waals surface area contributed by atoms with Crippen LogP contribution in [0.5, 0.6) is 0 Å². The quantitative estimate of drug-likeness (QED) is 0.757. The number of hydrogen-bond acceptors (Lipinski definition) is 5. The van der Waals surface area contributed by atoms with Gasteiger partial charge in [-0.15, -0.1) is 11.3 Å². The Hall–Kier alpha value is -2.81. The Labute approximate surface area is 140 Å². The summed E-state index contributed by atoms with van der Waals surface area (Å²) >= 11 is 1.21. The molecule has 0 aliphatic heterocycles. The van der Waals surface area contributed by atoms with Crippen LogP contribution in [0.4, 0.5) is 25.3 Å². The van der Waals surface area contributed by atoms with Crippen molar-refractivity contribution in [1.29, 1.82) is 0 Å². The van der Waals surface area contributed by atoms with Crippen LogP contribution in [0.1, 0.15) is 15.5 Å². The van der Waals surface area contributed by atoms with Gasteiger partial charge < -0.3 is 10.6 Å². The van der Waals surface area contributed by atoms with Gasteiger partial charge >= 0.3 is 0 Å². The van der Waals surface area contributed by atoms with Crippen LogP contribution in [0.25, 0.3) is 0 Å². The fourth-order valence-electron chi connectivity index (χ4n) is 2.08. The lowest BCUT2D eigenvalue weighted by Gasteiger charge is -2.06. The van der Waals surface area contributed by atoms with E-state index < -0.39 is 17.5 Å². The van der Waals surface area contributed by atoms with Gasteiger partial charge in [0.05, 0.1) is 5.01 Å². The molecule has 2 N–H and O–H groups in total. The standard InChI is InChI=1S/C15H13F2N5OS/c1-8-18-13(14(23)20-12-3-4-22(2)21-12)15(24-8)19-11-6-9(16)5-10(17)7-11/h3-7,19H,1-2H3,(H,20,21,23). The summed E-state index contributed by atoms with van der Waals surface area (Å²) in [7, 11) is 1.73. The van der Waals surface area contributed by atoms with E-state index in [-0.39, 0.29) is 11.4 Å². The Morgan fingerprint density at radius 1 is 1.25 bits per heavy atom. The van der Waals surface area contributed by atoms with E-state index in [0.29, 0.717) is 15.8 Å². The van der Waals surface area contributed by atoms with Crippen LogP contribution in [0.15, 0.2) is 30.5 Å². The van der Waals surface area contributed by atoms with Gasteiger partial charge in [0, 0.05) is 31.1 Å². The summed E-state index contributed by atoms with van der Waals surface area (Å²) in [4.78, 5) is 16.6. The first-order valence-electron chi connectivity index (χ1n) is 6.92. The molecule has 0 saturated carbocycles. The van der Waals surface area contributed by atoms with Crippen molar-refractivity contribution in [1.82, 2.24) is 14.8 Å². The van der Waals surface area contributed by atoms with Gasteiger partial charge in [-0.1, -0.05) is 0 Å². The van der Waals surface area contributed by atoms with Crippen LogP contribution < -0.4 is 10.6 Å². The topological polar surface area (TPSA) is 71.8 Å². The predicted molar refractivity (Wildman–Crippen MR) is 87.7 cm³/mol. The summed E-state index contributed by atoms with van der Waals surface area (Å²) < 4.78 is 28.2. The molecule has 2 aromatic heterocycles. The van der Waals surface area contributed by atoms with Crippen LogP contribution in [-0.4, -0.2) is 20.7 Å². The van der Waals surface area contributed by atoms with Crippen LogP contribution in [0.3, 0.4) is 0 Å². The highest BCUT2D eigenvalue weighted by atomic mass is 32.1. The number of benzene rings is 1. The fourth-order valence-corrected chi connectivity index (χ4v) is 2.92. The molecule has 124 valence electrons. The largest absolute Gasteiger partial charge is 0.345 e. The van der Waals surface area contributed by atoms with Gasteiger partial charge in [-0.05, 0) is 19.1 Å². The molecule has 0 aliphatic carbocycles. The molecule has 1 aromatic carbocycles. The second-order valence-electron chi connectivity index (χ2n) is 5.02. The van der Waals surface area contributed by atoms with Crippen molar-refractivity contribution in [3.8, 4) is 0 Å². The summed E-state index contributed by atoms with van der Waals surface area (Å²) in [5, 5.41) is 10.6. The van der Waals surface area contributed by atoms with E-state index in [1.54, 1.807) is 30.9 Å². The van der Waals surface area contributed by atoms with E-state index in [1.165, 1.54) is 11.3 Å². The van der Waals surface area contributed by atoms with Crippen molar-refractivity contribution < 1.29 is 13.6 Å². The third-order valence-electron chi connectivity index (χ3n) is 3.02. The zero-order valence-corrected chi connectivity index (χ0v) is 13.6. The molecule has 0 unspecified atom stereocenters. The lowest BCUT2D eigenvalue weighted by atomic mass is 10.3. The normalized spacial score (nSPS) is 10.7. The lowest BCUT2D eigenvalue weighted by Crippen LogP contribution is -2.14. The van der Waals surface area contributed by atoms with Gasteiger partial charge in [0.2, 0.25) is 0 Å². The summed E-state index contributed by atoms with van der Waals surface area (Å²) in [6.45, 7) is 1.74. The molecule has 3 aromatic rings. The number of carbonyl (C=O) groups is 1. The minimum Gasteiger partial charge on any atom is -0.345 e. The molecule has 3 rings (SSSR count). The van der Waals surface area contributed by atoms with Crippen LogP contribution >= 0.6 is 11.3 Å². The van der Waals surface area contributed by atoms with Crippen molar-refractivity contribution >= 4 is 33.8 Å². The summed E-state index contributed by atoms with van der Waals surface area (Å²) in [6.07, 6.45) is 1.69. The van der Waals surface area contributed by atoms with E-state index >= 15 is 0 Å². The van der Waals surface area contributed by atoms with Crippen LogP contribution in [-0.2, 0) is 7.05 Å². The molecular formula is C15H13F2N5OS. The minimum absolute atomic E-state index is 0.132. The molecule has 0 radical (unpaired) electrons. The van der Waals surface area contributed by atoms with E-state index in [2.05, 4.69) is 20.7 Å². The van der Waals surface area contributed by atoms with Crippen LogP contribution in [0, 0.1) is 18.6 Å². The van der Waals surface area contributed by atoms with Crippen molar-refractivity contribution in [2.24, 2.45) is 7.05 Å². The van der Waals surface area contributed by atoms with E-state index in [0.717, 1.165) is 18.2 Å². The van der Waals surface area contributed by atoms with E-state index in [4.69, 9.17) is 0 Å². The second kappa shape index (κ2) is 6.36. The number of carbonyl (C=O) groups excluding carboxylic acids is 1. The third kappa shape index (κ3) is 3.57. The third-order valence-corrected chi connectivity index (χ3v) is 3.91. The lowest BCUT2D eigenvalue weighted by molar-refractivity contribution is 0.102. The highest BCUT2D eigenvalue weighted by Crippen LogP contribution is 2.29. The number of anilines is 3. The molecule has 0 saturated heterocycles. The minimum atomic E-state index is -0.710. The number of aromatic nitrogens is 3. The SMILES string of the molecule is Cc1nc(C(=O)Nc2ccn(C)n2)c(Nc2cc(F)cc(F)c2)s1. The molecule has 0 atom stereocenters. The molecule has 0 fully saturated rings. The maximum Gasteiger partial charge on any atom is 0.278 e. The number of nitrogens with one attached hydrogen (secondary N) is 2. The Balaban J connectivity index is 1.85. The smallest absolute Gasteiger partial charge is 0.278 e. The highest BCUT2D eigenvalue weighted by Gasteiger charge is 2.18. The van der Waals surface area contributed by atoms with E-state index in [9.17, 15) is 13.6 Å². The van der Waals surface area contributed by atoms with Crippen molar-refractivity contribution in [2.75, 3.05) is 10.6 Å². The molecular weight excluding hydrogens is 336 g/mol. The van der Waals surface area contributed by atoms with Crippen molar-refractivity contribution in [3.05, 3.63) is 52.8 Å². The molecule has 0 aliphatic rings. The monoisotopic (exact) mass is 349 g/mol. The van der Waals surface area contributed by atoms with Gasteiger partial charge in [-0.25, -0.2) is 13.8 Å². The molecule has 0 bridgehead atoms. The summed E-state index contributed by atoms with van der Waals surface area (Å²) in [5.74, 6) is -1.50. The first-order valence-corrected chi connectivity index (χ1v) is 7.74. The Kier molecular flexibility index (Phi) is 4.26. The van der Waals surface area contributed by atoms with Crippen molar-refractivity contribution in [2.45, 2.75) is 6.92 Å². The number of amides is 1. The molecule has 24 heavy (non-hydrogen) atoms. The maximum absolute atomic E-state index is 13.3. The number of thiazole rings is 1. The maximum atomic E-state index is 13.3. The van der Waals surface area contributed by atoms with Gasteiger partial charge in [0.1, 0.15) is 16.6 Å². The average molecular weight is 349 g/mol. The van der Waals surface area contributed by atoms with Gasteiger partial charge in [0.25, 0.3) is 5.91 Å². The first-order chi connectivity index (χ1) is 11.4. The molecule has 9 heteroatoms. The van der Waals surface area contributed by atoms with Gasteiger partial charge in [-0.2, -0.15) is 5.10 Å². The molecule has 1 amide bonds. The Morgan fingerprint density at radius 2 is 1.96 bits per heavy atom. The molecule has 0 spiro atoms. The molecule has 6 nitrogen and oxygen atoms in total. The van der Waals surface area contributed by atoms with Crippen LogP contribution in [0.2, 0.25) is 0 Å². The number of aryl methyl sites for hydroxylation is 2. The number of nitrogens with zero attached hydrogens (tertiary/aromatic N) is 3. The van der Waals surface area contributed by atoms with E-state index in [1.807, 2.05) is 0 Å². The second-order valence-corrected chi connectivity index (χ2v) is 6.23. The number of halogens is 2. The van der Waals surface area contributed by atoms with Gasteiger partial charge in [-0.3, -0.25) is 9.48 Å². The molecule has 2 heterocycles. The Bertz CT molecular complexity index is 885. The number of rotatable bonds is 4. The fraction of sp³-hybridized carbons (Fsp3) is 0.133. The predicted octanol–water partition coefficient (Wildman–Crippen LogP) is 3.46. The summed E-state index contributed by atoms with van der Waals surface area (Å²) in [6, 6.07) is 4.70. The number of hydrogen-bond donors (Lipinski definition) is 2. The zero-order chi connectivity index (χ0) is 17.3. The summed E-state index contributed by atoms with van der Waals surface area (Å²) in [5.41, 5.74) is 0.329. The highest BCUT2D eigenvalue weighted by molar-refractivity contribution is 7.16. The average Bonchev–Trinajstić information content (AvgIpc) is 3.03. The zero-order valence-electron chi connectivity index (χ0n) is 12.8. The van der Waals surface area contributed by atoms with Crippen molar-refractivity contribution in [3.63, 3.8) is 0 Å². The van der Waals surface area contributed by atoms with Gasteiger partial charge in [0.15, 0.2) is 11.5 Å².